The van der Waals surface area contributed by atoms with Crippen LogP contribution in [0.3, 0.4) is 0 Å². The molecule has 2 rings (SSSR count). The first-order chi connectivity index (χ1) is 10.5. The first kappa shape index (κ1) is 16.4. The molecule has 1 aliphatic heterocycles. The van der Waals surface area contributed by atoms with Gasteiger partial charge in [0.05, 0.1) is 12.6 Å². The Morgan fingerprint density at radius 2 is 2.00 bits per heavy atom. The number of rotatable bonds is 6. The molecule has 1 aromatic carbocycles. The van der Waals surface area contributed by atoms with E-state index in [0.29, 0.717) is 19.6 Å². The molecule has 3 atom stereocenters. The fourth-order valence-electron chi connectivity index (χ4n) is 3.17. The zero-order chi connectivity index (χ0) is 16.1. The average Bonchev–Trinajstić information content (AvgIpc) is 2.84. The van der Waals surface area contributed by atoms with Crippen LogP contribution < -0.4 is 0 Å². The maximum absolute atomic E-state index is 12.0. The van der Waals surface area contributed by atoms with Crippen LogP contribution in [0.25, 0.3) is 0 Å². The summed E-state index contributed by atoms with van der Waals surface area (Å²) >= 11 is 0. The van der Waals surface area contributed by atoms with Crippen LogP contribution in [0.15, 0.2) is 43.0 Å². The Kier molecular flexibility index (Phi) is 5.50. The predicted octanol–water partition coefficient (Wildman–Crippen LogP) is 2.58. The largest absolute Gasteiger partial charge is 0.466 e. The second-order valence-electron chi connectivity index (χ2n) is 5.81. The Morgan fingerprint density at radius 3 is 2.55 bits per heavy atom. The van der Waals surface area contributed by atoms with Crippen LogP contribution in [-0.2, 0) is 20.9 Å². The lowest BCUT2D eigenvalue weighted by Crippen LogP contribution is -2.39. The highest BCUT2D eigenvalue weighted by molar-refractivity contribution is 5.82. The highest BCUT2D eigenvalue weighted by Crippen LogP contribution is 2.33. The number of carbonyl (C=O) groups excluding carboxylic acids is 2. The van der Waals surface area contributed by atoms with Gasteiger partial charge in [0.1, 0.15) is 5.78 Å². The highest BCUT2D eigenvalue weighted by Gasteiger charge is 2.41. The maximum Gasteiger partial charge on any atom is 0.302 e. The molecular weight excluding hydrogens is 278 g/mol. The Bertz CT molecular complexity index is 541. The van der Waals surface area contributed by atoms with Crippen molar-refractivity contribution in [3.8, 4) is 0 Å². The fourth-order valence-corrected chi connectivity index (χ4v) is 3.17. The van der Waals surface area contributed by atoms with Crippen molar-refractivity contribution in [1.29, 1.82) is 0 Å². The molecule has 1 aromatic rings. The fraction of sp³-hybridized carbons (Fsp3) is 0.444. The van der Waals surface area contributed by atoms with Crippen molar-refractivity contribution >= 4 is 11.8 Å². The van der Waals surface area contributed by atoms with Crippen LogP contribution >= 0.6 is 0 Å². The third-order valence-corrected chi connectivity index (χ3v) is 4.21. The lowest BCUT2D eigenvalue weighted by atomic mass is 9.99. The first-order valence-corrected chi connectivity index (χ1v) is 7.59. The van der Waals surface area contributed by atoms with Crippen molar-refractivity contribution in [1.82, 2.24) is 4.90 Å². The lowest BCUT2D eigenvalue weighted by Gasteiger charge is -2.28. The summed E-state index contributed by atoms with van der Waals surface area (Å²) < 4.78 is 5.16. The van der Waals surface area contributed by atoms with Crippen molar-refractivity contribution in [2.75, 3.05) is 6.61 Å². The smallest absolute Gasteiger partial charge is 0.302 e. The minimum atomic E-state index is -0.288. The van der Waals surface area contributed by atoms with Gasteiger partial charge in [-0.3, -0.25) is 14.5 Å². The van der Waals surface area contributed by atoms with E-state index < -0.39 is 0 Å². The molecule has 0 N–H and O–H groups in total. The van der Waals surface area contributed by atoms with Gasteiger partial charge in [-0.2, -0.15) is 0 Å². The first-order valence-electron chi connectivity index (χ1n) is 7.59. The second kappa shape index (κ2) is 7.36. The Labute approximate surface area is 131 Å². The third-order valence-electron chi connectivity index (χ3n) is 4.21. The summed E-state index contributed by atoms with van der Waals surface area (Å²) in [6.07, 6.45) is 2.56. The number of carbonyl (C=O) groups is 2. The minimum absolute atomic E-state index is 0.0356. The van der Waals surface area contributed by atoms with E-state index in [9.17, 15) is 9.59 Å². The molecule has 3 unspecified atom stereocenters. The van der Waals surface area contributed by atoms with Crippen molar-refractivity contribution in [3.05, 3.63) is 48.6 Å². The van der Waals surface area contributed by atoms with Crippen LogP contribution in [0.5, 0.6) is 0 Å². The van der Waals surface area contributed by atoms with E-state index in [2.05, 4.69) is 23.6 Å². The highest BCUT2D eigenvalue weighted by atomic mass is 16.5. The van der Waals surface area contributed by atoms with Gasteiger partial charge in [0, 0.05) is 25.4 Å². The van der Waals surface area contributed by atoms with E-state index in [4.69, 9.17) is 4.74 Å². The van der Waals surface area contributed by atoms with Gasteiger partial charge in [-0.25, -0.2) is 0 Å². The van der Waals surface area contributed by atoms with Gasteiger partial charge in [-0.05, 0) is 18.9 Å². The normalized spacial score (nSPS) is 24.9. The van der Waals surface area contributed by atoms with Gasteiger partial charge in [0.2, 0.25) is 0 Å². The molecule has 0 bridgehead atoms. The Hall–Kier alpha value is -1.94. The monoisotopic (exact) mass is 301 g/mol. The number of ether oxygens (including phenoxy) is 1. The van der Waals surface area contributed by atoms with E-state index >= 15 is 0 Å². The summed E-state index contributed by atoms with van der Waals surface area (Å²) in [6, 6.07) is 9.95. The number of hydrogen-bond donors (Lipinski definition) is 0. The maximum atomic E-state index is 12.0. The van der Waals surface area contributed by atoms with Crippen LogP contribution in [0.2, 0.25) is 0 Å². The molecule has 1 fully saturated rings. The summed E-state index contributed by atoms with van der Waals surface area (Å²) in [5.41, 5.74) is 1.16. The molecule has 22 heavy (non-hydrogen) atoms. The standard InChI is InChI=1S/C18H23NO3/c1-4-17-16(12-22-14(3)21)10-18(13(2)20)19(17)11-15-8-6-5-7-9-15/h4-9,16-18H,1,10-12H2,2-3H3. The zero-order valence-corrected chi connectivity index (χ0v) is 13.2. The van der Waals surface area contributed by atoms with Crippen molar-refractivity contribution in [2.45, 2.75) is 38.9 Å². The molecule has 0 radical (unpaired) electrons. The van der Waals surface area contributed by atoms with Crippen LogP contribution in [0.1, 0.15) is 25.8 Å². The number of likely N-dealkylation sites (tertiary alicyclic amines) is 1. The quantitative estimate of drug-likeness (QED) is 0.598. The zero-order valence-electron chi connectivity index (χ0n) is 13.2. The molecule has 0 aromatic heterocycles. The summed E-state index contributed by atoms with van der Waals surface area (Å²) in [6.45, 7) is 7.97. The van der Waals surface area contributed by atoms with Gasteiger partial charge >= 0.3 is 5.97 Å². The van der Waals surface area contributed by atoms with E-state index in [0.717, 1.165) is 5.56 Å². The number of Topliss-reactive ketones (excluding diaryl/α,β-unsaturated/α-hetero) is 1. The molecule has 0 amide bonds. The van der Waals surface area contributed by atoms with Crippen molar-refractivity contribution < 1.29 is 14.3 Å². The summed E-state index contributed by atoms with van der Waals surface area (Å²) in [5.74, 6) is -0.0317. The minimum Gasteiger partial charge on any atom is -0.466 e. The van der Waals surface area contributed by atoms with Crippen LogP contribution in [0, 0.1) is 5.92 Å². The summed E-state index contributed by atoms with van der Waals surface area (Å²) in [5, 5.41) is 0. The molecular formula is C18H23NO3. The van der Waals surface area contributed by atoms with E-state index in [-0.39, 0.29) is 29.8 Å². The molecule has 1 saturated heterocycles. The van der Waals surface area contributed by atoms with Crippen LogP contribution in [0.4, 0.5) is 0 Å². The molecule has 0 spiro atoms. The SMILES string of the molecule is C=CC1C(COC(C)=O)CC(C(C)=O)N1Cc1ccccc1. The van der Waals surface area contributed by atoms with Crippen molar-refractivity contribution in [2.24, 2.45) is 5.92 Å². The number of esters is 1. The lowest BCUT2D eigenvalue weighted by molar-refractivity contribution is -0.142. The Morgan fingerprint density at radius 1 is 1.32 bits per heavy atom. The molecule has 4 heteroatoms. The van der Waals surface area contributed by atoms with E-state index in [1.54, 1.807) is 6.92 Å². The van der Waals surface area contributed by atoms with Gasteiger partial charge in [0.15, 0.2) is 0 Å². The third kappa shape index (κ3) is 3.83. The van der Waals surface area contributed by atoms with Gasteiger partial charge in [0.25, 0.3) is 0 Å². The van der Waals surface area contributed by atoms with E-state index in [1.807, 2.05) is 24.3 Å². The summed E-state index contributed by atoms with van der Waals surface area (Å²) in [7, 11) is 0. The average molecular weight is 301 g/mol. The predicted molar refractivity (Wildman–Crippen MR) is 85.2 cm³/mol. The molecule has 0 aliphatic carbocycles. The van der Waals surface area contributed by atoms with Crippen molar-refractivity contribution in [3.63, 3.8) is 0 Å². The molecule has 118 valence electrons. The number of benzene rings is 1. The number of hydrogen-bond acceptors (Lipinski definition) is 4. The molecule has 1 heterocycles. The molecule has 4 nitrogen and oxygen atoms in total. The Balaban J connectivity index is 2.17. The number of ketones is 1. The van der Waals surface area contributed by atoms with Gasteiger partial charge in [-0.1, -0.05) is 36.4 Å². The van der Waals surface area contributed by atoms with E-state index in [1.165, 1.54) is 6.92 Å². The van der Waals surface area contributed by atoms with Gasteiger partial charge < -0.3 is 4.74 Å². The van der Waals surface area contributed by atoms with Gasteiger partial charge in [-0.15, -0.1) is 6.58 Å². The molecule has 0 saturated carbocycles. The molecule has 1 aliphatic rings. The van der Waals surface area contributed by atoms with Crippen LogP contribution in [-0.4, -0.2) is 35.3 Å². The summed E-state index contributed by atoms with van der Waals surface area (Å²) in [4.78, 5) is 25.2. The number of nitrogens with zero attached hydrogens (tertiary/aromatic N) is 1. The second-order valence-corrected chi connectivity index (χ2v) is 5.81. The topological polar surface area (TPSA) is 46.6 Å².